The van der Waals surface area contributed by atoms with E-state index >= 15 is 0 Å². The average Bonchev–Trinajstić information content (AvgIpc) is 2.31. The smallest absolute Gasteiger partial charge is 0.00349 e. The fourth-order valence-corrected chi connectivity index (χ4v) is 3.69. The first-order chi connectivity index (χ1) is 7.31. The minimum Gasteiger partial charge on any atom is -0.306 e. The van der Waals surface area contributed by atoms with Gasteiger partial charge < -0.3 is 4.90 Å². The number of hydrogen-bond donors (Lipinski definition) is 0. The van der Waals surface area contributed by atoms with Gasteiger partial charge in [0.15, 0.2) is 0 Å². The summed E-state index contributed by atoms with van der Waals surface area (Å²) in [6.45, 7) is 2.72. The molecule has 1 spiro atoms. The van der Waals surface area contributed by atoms with Crippen molar-refractivity contribution in [1.82, 2.24) is 4.90 Å². The van der Waals surface area contributed by atoms with Crippen molar-refractivity contribution < 1.29 is 0 Å². The molecule has 1 aliphatic carbocycles. The van der Waals surface area contributed by atoms with Crippen LogP contribution < -0.4 is 0 Å². The zero-order valence-electron chi connectivity index (χ0n) is 10.4. The van der Waals surface area contributed by atoms with Crippen LogP contribution in [0.1, 0.15) is 64.2 Å². The summed E-state index contributed by atoms with van der Waals surface area (Å²) in [5.41, 5.74) is 0.720. The first-order valence-corrected chi connectivity index (χ1v) is 6.99. The van der Waals surface area contributed by atoms with Crippen LogP contribution in [0.5, 0.6) is 0 Å². The van der Waals surface area contributed by atoms with Crippen LogP contribution in [-0.4, -0.2) is 25.0 Å². The van der Waals surface area contributed by atoms with Crippen molar-refractivity contribution in [3.8, 4) is 0 Å². The van der Waals surface area contributed by atoms with Crippen molar-refractivity contribution in [3.63, 3.8) is 0 Å². The van der Waals surface area contributed by atoms with E-state index in [4.69, 9.17) is 0 Å². The van der Waals surface area contributed by atoms with Crippen molar-refractivity contribution in [2.45, 2.75) is 64.2 Å². The van der Waals surface area contributed by atoms with E-state index in [1.54, 1.807) is 0 Å². The molecule has 0 unspecified atom stereocenters. The fourth-order valence-electron chi connectivity index (χ4n) is 3.69. The first kappa shape index (κ1) is 11.4. The zero-order valence-corrected chi connectivity index (χ0v) is 10.4. The SMILES string of the molecule is CN1CCCC2(CCCCCCCC2)C1. The Morgan fingerprint density at radius 2 is 1.27 bits per heavy atom. The summed E-state index contributed by atoms with van der Waals surface area (Å²) < 4.78 is 0. The van der Waals surface area contributed by atoms with Gasteiger partial charge in [0, 0.05) is 6.54 Å². The second-order valence-electron chi connectivity index (χ2n) is 5.96. The quantitative estimate of drug-likeness (QED) is 0.586. The van der Waals surface area contributed by atoms with Crippen LogP contribution in [-0.2, 0) is 0 Å². The van der Waals surface area contributed by atoms with Gasteiger partial charge in [0.2, 0.25) is 0 Å². The lowest BCUT2D eigenvalue weighted by Gasteiger charge is -2.42. The van der Waals surface area contributed by atoms with Gasteiger partial charge >= 0.3 is 0 Å². The van der Waals surface area contributed by atoms with Crippen LogP contribution in [0.2, 0.25) is 0 Å². The van der Waals surface area contributed by atoms with Crippen LogP contribution in [0.3, 0.4) is 0 Å². The minimum atomic E-state index is 0.720. The summed E-state index contributed by atoms with van der Waals surface area (Å²) in [4.78, 5) is 2.57. The second kappa shape index (κ2) is 5.34. The zero-order chi connectivity index (χ0) is 10.6. The van der Waals surface area contributed by atoms with Gasteiger partial charge in [-0.3, -0.25) is 0 Å². The molecule has 0 radical (unpaired) electrons. The molecular formula is C14H27N. The van der Waals surface area contributed by atoms with E-state index < -0.39 is 0 Å². The molecule has 1 saturated heterocycles. The molecule has 2 fully saturated rings. The highest BCUT2D eigenvalue weighted by atomic mass is 15.1. The highest BCUT2D eigenvalue weighted by molar-refractivity contribution is 4.86. The standard InChI is InChI=1S/C14H27N/c1-15-12-8-11-14(13-15)9-6-4-2-3-5-7-10-14/h2-13H2,1H3. The first-order valence-electron chi connectivity index (χ1n) is 6.99. The highest BCUT2D eigenvalue weighted by Crippen LogP contribution is 2.40. The highest BCUT2D eigenvalue weighted by Gasteiger charge is 2.33. The maximum absolute atomic E-state index is 2.57. The van der Waals surface area contributed by atoms with Crippen molar-refractivity contribution in [2.75, 3.05) is 20.1 Å². The van der Waals surface area contributed by atoms with E-state index in [0.717, 1.165) is 5.41 Å². The van der Waals surface area contributed by atoms with Gasteiger partial charge in [-0.05, 0) is 44.7 Å². The number of likely N-dealkylation sites (tertiary alicyclic amines) is 1. The van der Waals surface area contributed by atoms with Crippen molar-refractivity contribution in [3.05, 3.63) is 0 Å². The molecular weight excluding hydrogens is 182 g/mol. The van der Waals surface area contributed by atoms with Gasteiger partial charge in [0.25, 0.3) is 0 Å². The molecule has 0 atom stereocenters. The van der Waals surface area contributed by atoms with Gasteiger partial charge in [-0.2, -0.15) is 0 Å². The summed E-state index contributed by atoms with van der Waals surface area (Å²) in [6.07, 6.45) is 14.9. The normalized spacial score (nSPS) is 29.4. The molecule has 1 nitrogen and oxygen atoms in total. The number of nitrogens with zero attached hydrogens (tertiary/aromatic N) is 1. The molecule has 0 aromatic heterocycles. The number of hydrogen-bond acceptors (Lipinski definition) is 1. The summed E-state index contributed by atoms with van der Waals surface area (Å²) in [7, 11) is 2.31. The third-order valence-electron chi connectivity index (χ3n) is 4.52. The largest absolute Gasteiger partial charge is 0.306 e. The van der Waals surface area contributed by atoms with E-state index in [1.807, 2.05) is 0 Å². The fraction of sp³-hybridized carbons (Fsp3) is 1.00. The van der Waals surface area contributed by atoms with Gasteiger partial charge in [-0.15, -0.1) is 0 Å². The molecule has 88 valence electrons. The predicted molar refractivity (Wildman–Crippen MR) is 66.1 cm³/mol. The van der Waals surface area contributed by atoms with E-state index in [1.165, 1.54) is 77.3 Å². The number of rotatable bonds is 0. The lowest BCUT2D eigenvalue weighted by Crippen LogP contribution is -2.41. The Bertz CT molecular complexity index is 178. The van der Waals surface area contributed by atoms with Gasteiger partial charge in [0.1, 0.15) is 0 Å². The summed E-state index contributed by atoms with van der Waals surface area (Å²) in [5.74, 6) is 0. The van der Waals surface area contributed by atoms with E-state index in [9.17, 15) is 0 Å². The Labute approximate surface area is 95.2 Å². The molecule has 0 amide bonds. The monoisotopic (exact) mass is 209 g/mol. The van der Waals surface area contributed by atoms with E-state index in [2.05, 4.69) is 11.9 Å². The average molecular weight is 209 g/mol. The summed E-state index contributed by atoms with van der Waals surface area (Å²) in [5, 5.41) is 0. The molecule has 1 heteroatoms. The molecule has 1 saturated carbocycles. The van der Waals surface area contributed by atoms with Crippen molar-refractivity contribution >= 4 is 0 Å². The van der Waals surface area contributed by atoms with Gasteiger partial charge in [-0.1, -0.05) is 38.5 Å². The van der Waals surface area contributed by atoms with E-state index in [0.29, 0.717) is 0 Å². The Balaban J connectivity index is 1.95. The lowest BCUT2D eigenvalue weighted by molar-refractivity contribution is 0.0859. The van der Waals surface area contributed by atoms with Gasteiger partial charge in [0.05, 0.1) is 0 Å². The van der Waals surface area contributed by atoms with Crippen LogP contribution in [0.25, 0.3) is 0 Å². The summed E-state index contributed by atoms with van der Waals surface area (Å²) in [6, 6.07) is 0. The van der Waals surface area contributed by atoms with Crippen molar-refractivity contribution in [1.29, 1.82) is 0 Å². The maximum atomic E-state index is 2.57. The topological polar surface area (TPSA) is 3.24 Å². The third kappa shape index (κ3) is 3.21. The lowest BCUT2D eigenvalue weighted by atomic mass is 9.73. The van der Waals surface area contributed by atoms with Crippen LogP contribution in [0.15, 0.2) is 0 Å². The van der Waals surface area contributed by atoms with Gasteiger partial charge in [-0.25, -0.2) is 0 Å². The van der Waals surface area contributed by atoms with E-state index in [-0.39, 0.29) is 0 Å². The Hall–Kier alpha value is -0.0400. The maximum Gasteiger partial charge on any atom is 0.00349 e. The second-order valence-corrected chi connectivity index (χ2v) is 5.96. The Kier molecular flexibility index (Phi) is 4.07. The Morgan fingerprint density at radius 3 is 1.87 bits per heavy atom. The third-order valence-corrected chi connectivity index (χ3v) is 4.52. The number of piperidine rings is 1. The van der Waals surface area contributed by atoms with Crippen LogP contribution in [0.4, 0.5) is 0 Å². The molecule has 15 heavy (non-hydrogen) atoms. The molecule has 0 aromatic rings. The molecule has 0 N–H and O–H groups in total. The molecule has 2 rings (SSSR count). The molecule has 0 aromatic carbocycles. The van der Waals surface area contributed by atoms with Crippen LogP contribution in [0, 0.1) is 5.41 Å². The summed E-state index contributed by atoms with van der Waals surface area (Å²) >= 11 is 0. The minimum absolute atomic E-state index is 0.720. The Morgan fingerprint density at radius 1 is 0.733 bits per heavy atom. The van der Waals surface area contributed by atoms with Crippen molar-refractivity contribution in [2.24, 2.45) is 5.41 Å². The molecule has 2 aliphatic rings. The predicted octanol–water partition coefficient (Wildman–Crippen LogP) is 3.83. The van der Waals surface area contributed by atoms with Crippen LogP contribution >= 0.6 is 0 Å². The molecule has 1 aliphatic heterocycles. The molecule has 0 bridgehead atoms. The molecule has 1 heterocycles.